The quantitative estimate of drug-likeness (QED) is 0.683. The van der Waals surface area contributed by atoms with E-state index >= 15 is 0 Å². The summed E-state index contributed by atoms with van der Waals surface area (Å²) in [6.07, 6.45) is 1.70. The Morgan fingerprint density at radius 2 is 2.09 bits per heavy atom. The van der Waals surface area contributed by atoms with E-state index < -0.39 is 6.04 Å². The maximum atomic E-state index is 12.0. The number of rotatable bonds is 9. The molecule has 126 valence electrons. The van der Waals surface area contributed by atoms with E-state index in [1.54, 1.807) is 13.2 Å². The van der Waals surface area contributed by atoms with E-state index in [1.165, 1.54) is 0 Å². The maximum Gasteiger partial charge on any atom is 0.241 e. The smallest absolute Gasteiger partial charge is 0.241 e. The summed E-state index contributed by atoms with van der Waals surface area (Å²) in [5, 5.41) is 2.83. The van der Waals surface area contributed by atoms with E-state index in [0.29, 0.717) is 18.9 Å². The maximum absolute atomic E-state index is 12.0. The molecule has 0 spiro atoms. The molecule has 0 fully saturated rings. The van der Waals surface area contributed by atoms with Gasteiger partial charge in [-0.05, 0) is 18.1 Å². The number of carbonyl (C=O) groups excluding carboxylic acids is 1. The van der Waals surface area contributed by atoms with Gasteiger partial charge in [0.2, 0.25) is 5.91 Å². The van der Waals surface area contributed by atoms with Crippen molar-refractivity contribution in [1.82, 2.24) is 0 Å². The molecule has 1 amide bonds. The predicted octanol–water partition coefficient (Wildman–Crippen LogP) is 2.84. The minimum atomic E-state index is -0.499. The molecule has 0 aromatic heterocycles. The van der Waals surface area contributed by atoms with Crippen LogP contribution in [-0.2, 0) is 9.53 Å². The van der Waals surface area contributed by atoms with Crippen LogP contribution in [0.4, 0.5) is 5.69 Å². The van der Waals surface area contributed by atoms with Gasteiger partial charge in [-0.1, -0.05) is 26.3 Å². The third kappa shape index (κ3) is 7.11. The summed E-state index contributed by atoms with van der Waals surface area (Å²) in [4.78, 5) is 12.0. The Bertz CT molecular complexity index is 443. The van der Waals surface area contributed by atoms with E-state index in [4.69, 9.17) is 15.2 Å². The second-order valence-electron chi connectivity index (χ2n) is 5.12. The first-order valence-electron chi connectivity index (χ1n) is 7.36. The van der Waals surface area contributed by atoms with Crippen molar-refractivity contribution in [3.8, 4) is 5.75 Å². The van der Waals surface area contributed by atoms with Gasteiger partial charge in [0.1, 0.15) is 5.75 Å². The molecule has 0 radical (unpaired) electrons. The van der Waals surface area contributed by atoms with Gasteiger partial charge in [0.05, 0.1) is 12.6 Å². The van der Waals surface area contributed by atoms with Crippen LogP contribution in [-0.4, -0.2) is 32.3 Å². The lowest BCUT2D eigenvalue weighted by molar-refractivity contribution is -0.118. The van der Waals surface area contributed by atoms with Crippen LogP contribution in [0.5, 0.6) is 5.75 Å². The Balaban J connectivity index is 0.00000441. The standard InChI is InChI=1S/C16H26N2O3.ClH/c1-4-12(2)15(17)16(19)18-13-7-5-8-14(11-13)21-10-6-9-20-3;/h5,7-8,11-12,15H,4,6,9-10,17H2,1-3H3,(H,18,19);1H. The zero-order valence-corrected chi connectivity index (χ0v) is 14.3. The normalized spacial score (nSPS) is 12.9. The van der Waals surface area contributed by atoms with Crippen LogP contribution < -0.4 is 15.8 Å². The molecule has 0 aliphatic heterocycles. The molecule has 1 aromatic rings. The number of amides is 1. The monoisotopic (exact) mass is 330 g/mol. The summed E-state index contributed by atoms with van der Waals surface area (Å²) in [5.74, 6) is 0.709. The Morgan fingerprint density at radius 1 is 1.36 bits per heavy atom. The van der Waals surface area contributed by atoms with E-state index in [1.807, 2.05) is 32.0 Å². The van der Waals surface area contributed by atoms with Gasteiger partial charge < -0.3 is 20.5 Å². The molecule has 22 heavy (non-hydrogen) atoms. The van der Waals surface area contributed by atoms with E-state index in [0.717, 1.165) is 18.6 Å². The van der Waals surface area contributed by atoms with Crippen LogP contribution in [0, 0.1) is 5.92 Å². The Morgan fingerprint density at radius 3 is 2.73 bits per heavy atom. The van der Waals surface area contributed by atoms with Crippen LogP contribution in [0.2, 0.25) is 0 Å². The third-order valence-corrected chi connectivity index (χ3v) is 3.42. The van der Waals surface area contributed by atoms with Gasteiger partial charge in [-0.3, -0.25) is 4.79 Å². The summed E-state index contributed by atoms with van der Waals surface area (Å²) in [7, 11) is 1.66. The van der Waals surface area contributed by atoms with Crippen molar-refractivity contribution in [1.29, 1.82) is 0 Å². The SMILES string of the molecule is CCC(C)C(N)C(=O)Nc1cccc(OCCCOC)c1.Cl. The third-order valence-electron chi connectivity index (χ3n) is 3.42. The van der Waals surface area contributed by atoms with Gasteiger partial charge >= 0.3 is 0 Å². The average Bonchev–Trinajstić information content (AvgIpc) is 2.50. The van der Waals surface area contributed by atoms with Crippen molar-refractivity contribution >= 4 is 24.0 Å². The van der Waals surface area contributed by atoms with Gasteiger partial charge in [-0.25, -0.2) is 0 Å². The molecule has 0 saturated heterocycles. The van der Waals surface area contributed by atoms with Gasteiger partial charge in [-0.2, -0.15) is 0 Å². The van der Waals surface area contributed by atoms with E-state index in [2.05, 4.69) is 5.32 Å². The van der Waals surface area contributed by atoms with Crippen LogP contribution in [0.1, 0.15) is 26.7 Å². The highest BCUT2D eigenvalue weighted by molar-refractivity contribution is 5.95. The highest BCUT2D eigenvalue weighted by atomic mass is 35.5. The minimum absolute atomic E-state index is 0. The molecule has 0 aliphatic rings. The molecule has 1 rings (SSSR count). The fourth-order valence-corrected chi connectivity index (χ4v) is 1.79. The molecule has 0 bridgehead atoms. The Hall–Kier alpha value is -1.30. The highest BCUT2D eigenvalue weighted by Gasteiger charge is 2.19. The number of hydrogen-bond acceptors (Lipinski definition) is 4. The summed E-state index contributed by atoms with van der Waals surface area (Å²) >= 11 is 0. The number of methoxy groups -OCH3 is 1. The molecule has 0 heterocycles. The summed E-state index contributed by atoms with van der Waals surface area (Å²) in [6.45, 7) is 5.24. The molecule has 1 aromatic carbocycles. The molecule has 5 nitrogen and oxygen atoms in total. The lowest BCUT2D eigenvalue weighted by Crippen LogP contribution is -2.40. The number of hydrogen-bond donors (Lipinski definition) is 2. The van der Waals surface area contributed by atoms with Crippen LogP contribution in [0.25, 0.3) is 0 Å². The predicted molar refractivity (Wildman–Crippen MR) is 91.7 cm³/mol. The number of benzene rings is 1. The van der Waals surface area contributed by atoms with Crippen LogP contribution >= 0.6 is 12.4 Å². The fourth-order valence-electron chi connectivity index (χ4n) is 1.79. The van der Waals surface area contributed by atoms with Crippen molar-refractivity contribution in [2.45, 2.75) is 32.7 Å². The van der Waals surface area contributed by atoms with Gasteiger partial charge in [0.15, 0.2) is 0 Å². The van der Waals surface area contributed by atoms with E-state index in [9.17, 15) is 4.79 Å². The molecule has 6 heteroatoms. The number of ether oxygens (including phenoxy) is 2. The first-order valence-corrected chi connectivity index (χ1v) is 7.36. The Labute approximate surface area is 139 Å². The molecule has 0 saturated carbocycles. The zero-order chi connectivity index (χ0) is 15.7. The van der Waals surface area contributed by atoms with Crippen molar-refractivity contribution < 1.29 is 14.3 Å². The number of nitrogens with two attached hydrogens (primary N) is 1. The van der Waals surface area contributed by atoms with E-state index in [-0.39, 0.29) is 24.2 Å². The van der Waals surface area contributed by atoms with Crippen LogP contribution in [0.3, 0.4) is 0 Å². The minimum Gasteiger partial charge on any atom is -0.493 e. The van der Waals surface area contributed by atoms with Crippen molar-refractivity contribution in [3.63, 3.8) is 0 Å². The number of anilines is 1. The number of carbonyl (C=O) groups is 1. The van der Waals surface area contributed by atoms with Crippen molar-refractivity contribution in [3.05, 3.63) is 24.3 Å². The van der Waals surface area contributed by atoms with Crippen molar-refractivity contribution in [2.75, 3.05) is 25.6 Å². The van der Waals surface area contributed by atoms with Gasteiger partial charge in [-0.15, -0.1) is 12.4 Å². The highest BCUT2D eigenvalue weighted by Crippen LogP contribution is 2.18. The molecular weight excluding hydrogens is 304 g/mol. The largest absolute Gasteiger partial charge is 0.493 e. The average molecular weight is 331 g/mol. The first-order chi connectivity index (χ1) is 10.1. The summed E-state index contributed by atoms with van der Waals surface area (Å²) in [6, 6.07) is 6.82. The lowest BCUT2D eigenvalue weighted by atomic mass is 9.99. The van der Waals surface area contributed by atoms with Crippen molar-refractivity contribution in [2.24, 2.45) is 11.7 Å². The topological polar surface area (TPSA) is 73.6 Å². The molecule has 2 unspecified atom stereocenters. The molecule has 2 atom stereocenters. The molecule has 3 N–H and O–H groups in total. The Kier molecular flexibility index (Phi) is 10.6. The second-order valence-corrected chi connectivity index (χ2v) is 5.12. The first kappa shape index (κ1) is 20.7. The fraction of sp³-hybridized carbons (Fsp3) is 0.562. The number of nitrogens with one attached hydrogen (secondary N) is 1. The number of halogens is 1. The molecular formula is C16H27ClN2O3. The lowest BCUT2D eigenvalue weighted by Gasteiger charge is -2.18. The zero-order valence-electron chi connectivity index (χ0n) is 13.5. The van der Waals surface area contributed by atoms with Gasteiger partial charge in [0, 0.05) is 31.9 Å². The second kappa shape index (κ2) is 11.3. The van der Waals surface area contributed by atoms with Gasteiger partial charge in [0.25, 0.3) is 0 Å². The molecule has 0 aliphatic carbocycles. The summed E-state index contributed by atoms with van der Waals surface area (Å²) in [5.41, 5.74) is 6.61. The summed E-state index contributed by atoms with van der Waals surface area (Å²) < 4.78 is 10.6. The van der Waals surface area contributed by atoms with Crippen LogP contribution in [0.15, 0.2) is 24.3 Å².